The average molecular weight is 253 g/mol. The maximum atomic E-state index is 5.67. The van der Waals surface area contributed by atoms with E-state index in [2.05, 4.69) is 6.92 Å². The van der Waals surface area contributed by atoms with Crippen LogP contribution in [0.3, 0.4) is 0 Å². The Morgan fingerprint density at radius 2 is 1.13 bits per heavy atom. The van der Waals surface area contributed by atoms with Crippen molar-refractivity contribution in [3.05, 3.63) is 0 Å². The second-order valence-electron chi connectivity index (χ2n) is 4.54. The second kappa shape index (κ2) is 12.6. The molecule has 0 spiro atoms. The summed E-state index contributed by atoms with van der Waals surface area (Å²) in [4.78, 5) is 0. The van der Waals surface area contributed by atoms with Gasteiger partial charge in [0.2, 0.25) is 0 Å². The molecule has 0 aliphatic carbocycles. The van der Waals surface area contributed by atoms with Crippen LogP contribution in [-0.2, 0) is 0 Å². The maximum absolute atomic E-state index is 5.67. The summed E-state index contributed by atoms with van der Waals surface area (Å²) in [6.45, 7) is 2.35. The Kier molecular flexibility index (Phi) is 13.1. The minimum Gasteiger partial charge on any atom is -0.127 e. The largest absolute Gasteiger partial charge is 0.127 e. The van der Waals surface area contributed by atoms with Crippen LogP contribution >= 0.6 is 23.2 Å². The van der Waals surface area contributed by atoms with E-state index in [4.69, 9.17) is 23.2 Å². The molecule has 0 nitrogen and oxygen atoms in total. The smallest absolute Gasteiger partial charge is 0.0223 e. The Bertz CT molecular complexity index is 115. The number of unbranched alkanes of at least 4 members (excludes halogenated alkanes) is 5. The zero-order valence-electron chi connectivity index (χ0n) is 10.1. The minimum atomic E-state index is 0.822. The van der Waals surface area contributed by atoms with Crippen molar-refractivity contribution in [3.8, 4) is 0 Å². The Morgan fingerprint density at radius 1 is 0.667 bits per heavy atom. The topological polar surface area (TPSA) is 0 Å². The molecule has 0 aliphatic rings. The van der Waals surface area contributed by atoms with Gasteiger partial charge in [0.15, 0.2) is 0 Å². The molecule has 0 aromatic carbocycles. The van der Waals surface area contributed by atoms with Gasteiger partial charge in [-0.15, -0.1) is 23.2 Å². The van der Waals surface area contributed by atoms with Gasteiger partial charge < -0.3 is 0 Å². The molecule has 0 aromatic heterocycles. The van der Waals surface area contributed by atoms with Gasteiger partial charge in [-0.25, -0.2) is 0 Å². The Labute approximate surface area is 106 Å². The third kappa shape index (κ3) is 12.5. The highest BCUT2D eigenvalue weighted by atomic mass is 35.5. The van der Waals surface area contributed by atoms with E-state index < -0.39 is 0 Å². The SMILES string of the molecule is CC(CCCCl)CCCCCCCCCl. The first-order chi connectivity index (χ1) is 7.31. The molecule has 1 unspecified atom stereocenters. The molecule has 0 radical (unpaired) electrons. The standard InChI is InChI=1S/C13H26Cl2/c1-13(10-8-12-15)9-6-4-2-3-5-7-11-14/h13H,2-12H2,1H3. The van der Waals surface area contributed by atoms with Crippen LogP contribution in [-0.4, -0.2) is 11.8 Å². The van der Waals surface area contributed by atoms with Crippen molar-refractivity contribution in [1.82, 2.24) is 0 Å². The van der Waals surface area contributed by atoms with Gasteiger partial charge in [0.1, 0.15) is 0 Å². The molecule has 2 heteroatoms. The zero-order chi connectivity index (χ0) is 11.4. The van der Waals surface area contributed by atoms with Gasteiger partial charge in [-0.05, 0) is 25.2 Å². The van der Waals surface area contributed by atoms with Crippen molar-refractivity contribution in [3.63, 3.8) is 0 Å². The molecule has 0 saturated heterocycles. The number of halogens is 2. The normalized spacial score (nSPS) is 13.0. The first-order valence-electron chi connectivity index (χ1n) is 6.43. The maximum Gasteiger partial charge on any atom is 0.0223 e. The molecule has 0 heterocycles. The summed E-state index contributed by atoms with van der Waals surface area (Å²) in [5.41, 5.74) is 0. The van der Waals surface area contributed by atoms with Crippen LogP contribution in [0.15, 0.2) is 0 Å². The summed E-state index contributed by atoms with van der Waals surface area (Å²) < 4.78 is 0. The summed E-state index contributed by atoms with van der Waals surface area (Å²) in [5.74, 6) is 2.52. The van der Waals surface area contributed by atoms with Crippen LogP contribution in [0.2, 0.25) is 0 Å². The van der Waals surface area contributed by atoms with Crippen molar-refractivity contribution in [2.24, 2.45) is 5.92 Å². The summed E-state index contributed by atoms with van der Waals surface area (Å²) in [6, 6.07) is 0. The molecule has 0 N–H and O–H groups in total. The van der Waals surface area contributed by atoms with E-state index >= 15 is 0 Å². The highest BCUT2D eigenvalue weighted by Gasteiger charge is 2.01. The third-order valence-electron chi connectivity index (χ3n) is 2.91. The van der Waals surface area contributed by atoms with Gasteiger partial charge in [0, 0.05) is 11.8 Å². The van der Waals surface area contributed by atoms with Gasteiger partial charge in [0.25, 0.3) is 0 Å². The average Bonchev–Trinajstić information content (AvgIpc) is 2.25. The first kappa shape index (κ1) is 15.6. The summed E-state index contributed by atoms with van der Waals surface area (Å²) in [7, 11) is 0. The lowest BCUT2D eigenvalue weighted by Crippen LogP contribution is -1.95. The van der Waals surface area contributed by atoms with E-state index in [1.54, 1.807) is 0 Å². The van der Waals surface area contributed by atoms with Crippen LogP contribution in [0.4, 0.5) is 0 Å². The lowest BCUT2D eigenvalue weighted by atomic mass is 9.98. The molecule has 15 heavy (non-hydrogen) atoms. The highest BCUT2D eigenvalue weighted by Crippen LogP contribution is 2.16. The number of rotatable bonds is 11. The Balaban J connectivity index is 3.02. The van der Waals surface area contributed by atoms with Crippen LogP contribution in [0.5, 0.6) is 0 Å². The fourth-order valence-electron chi connectivity index (χ4n) is 1.86. The molecule has 0 aromatic rings. The molecule has 0 saturated carbocycles. The van der Waals surface area contributed by atoms with Crippen molar-refractivity contribution >= 4 is 23.2 Å². The van der Waals surface area contributed by atoms with Gasteiger partial charge in [-0.3, -0.25) is 0 Å². The van der Waals surface area contributed by atoms with Crippen molar-refractivity contribution in [2.75, 3.05) is 11.8 Å². The highest BCUT2D eigenvalue weighted by molar-refractivity contribution is 6.18. The van der Waals surface area contributed by atoms with E-state index in [0.29, 0.717) is 0 Å². The van der Waals surface area contributed by atoms with Gasteiger partial charge in [-0.2, -0.15) is 0 Å². The zero-order valence-corrected chi connectivity index (χ0v) is 11.6. The second-order valence-corrected chi connectivity index (χ2v) is 5.29. The van der Waals surface area contributed by atoms with Crippen LogP contribution in [0.1, 0.15) is 64.7 Å². The van der Waals surface area contributed by atoms with Gasteiger partial charge in [0.05, 0.1) is 0 Å². The predicted octanol–water partition coefficient (Wildman–Crippen LogP) is 5.61. The first-order valence-corrected chi connectivity index (χ1v) is 7.50. The van der Waals surface area contributed by atoms with Gasteiger partial charge in [-0.1, -0.05) is 45.4 Å². The van der Waals surface area contributed by atoms with E-state index in [1.165, 1.54) is 57.8 Å². The molecule has 0 fully saturated rings. The monoisotopic (exact) mass is 252 g/mol. The van der Waals surface area contributed by atoms with E-state index in [1.807, 2.05) is 0 Å². The lowest BCUT2D eigenvalue weighted by molar-refractivity contribution is 0.452. The quantitative estimate of drug-likeness (QED) is 0.331. The Hall–Kier alpha value is 0.580. The van der Waals surface area contributed by atoms with Gasteiger partial charge >= 0.3 is 0 Å². The number of hydrogen-bond acceptors (Lipinski definition) is 0. The lowest BCUT2D eigenvalue weighted by Gasteiger charge is -2.09. The van der Waals surface area contributed by atoms with E-state index in [9.17, 15) is 0 Å². The molecular weight excluding hydrogens is 227 g/mol. The number of alkyl halides is 2. The molecule has 0 amide bonds. The van der Waals surface area contributed by atoms with Crippen LogP contribution in [0.25, 0.3) is 0 Å². The molecule has 0 bridgehead atoms. The van der Waals surface area contributed by atoms with Crippen LogP contribution in [0, 0.1) is 5.92 Å². The van der Waals surface area contributed by atoms with E-state index in [0.717, 1.165) is 17.7 Å². The fraction of sp³-hybridized carbons (Fsp3) is 1.00. The molecular formula is C13H26Cl2. The third-order valence-corrected chi connectivity index (χ3v) is 3.45. The fourth-order valence-corrected chi connectivity index (χ4v) is 2.21. The minimum absolute atomic E-state index is 0.822. The molecule has 1 atom stereocenters. The Morgan fingerprint density at radius 3 is 1.73 bits per heavy atom. The predicted molar refractivity (Wildman–Crippen MR) is 72.2 cm³/mol. The van der Waals surface area contributed by atoms with Crippen LogP contribution < -0.4 is 0 Å². The van der Waals surface area contributed by atoms with Crippen molar-refractivity contribution < 1.29 is 0 Å². The van der Waals surface area contributed by atoms with Crippen molar-refractivity contribution in [2.45, 2.75) is 64.7 Å². The van der Waals surface area contributed by atoms with E-state index in [-0.39, 0.29) is 0 Å². The summed E-state index contributed by atoms with van der Waals surface area (Å²) in [6.07, 6.45) is 11.9. The summed E-state index contributed by atoms with van der Waals surface area (Å²) in [5, 5.41) is 0. The molecule has 0 rings (SSSR count). The molecule has 92 valence electrons. The number of hydrogen-bond donors (Lipinski definition) is 0. The summed E-state index contributed by atoms with van der Waals surface area (Å²) >= 11 is 11.3. The van der Waals surface area contributed by atoms with Crippen molar-refractivity contribution in [1.29, 1.82) is 0 Å². The molecule has 0 aliphatic heterocycles.